The first-order chi connectivity index (χ1) is 16.4. The van der Waals surface area contributed by atoms with Gasteiger partial charge in [-0.15, -0.1) is 0 Å². The molecule has 0 bridgehead atoms. The van der Waals surface area contributed by atoms with Crippen LogP contribution in [0.2, 0.25) is 5.02 Å². The van der Waals surface area contributed by atoms with E-state index in [-0.39, 0.29) is 5.91 Å². The summed E-state index contributed by atoms with van der Waals surface area (Å²) in [6, 6.07) is 17.3. The molecule has 34 heavy (non-hydrogen) atoms. The number of anilines is 2. The zero-order valence-electron chi connectivity index (χ0n) is 17.9. The molecule has 172 valence electrons. The molecule has 10 heteroatoms. The number of hydrogen-bond acceptors (Lipinski definition) is 5. The van der Waals surface area contributed by atoms with Crippen molar-refractivity contribution in [2.45, 2.75) is 6.42 Å². The molecule has 0 atom stereocenters. The fraction of sp³-hybridized carbons (Fsp3) is 0.125. The third-order valence-corrected chi connectivity index (χ3v) is 7.39. The first-order valence-electron chi connectivity index (χ1n) is 10.6. The molecule has 2 N–H and O–H groups in total. The number of benzene rings is 2. The fourth-order valence-corrected chi connectivity index (χ4v) is 5.33. The Labute approximate surface area is 201 Å². The number of nitrogens with zero attached hydrogens (tertiary/aromatic N) is 3. The number of pyridine rings is 2. The Balaban J connectivity index is 1.36. The minimum Gasteiger partial charge on any atom is -0.322 e. The molecule has 0 saturated carbocycles. The van der Waals surface area contributed by atoms with Crippen LogP contribution in [0.1, 0.15) is 16.8 Å². The summed E-state index contributed by atoms with van der Waals surface area (Å²) in [4.78, 5) is 21.6. The van der Waals surface area contributed by atoms with Gasteiger partial charge in [-0.2, -0.15) is 13.1 Å². The van der Waals surface area contributed by atoms with Crippen molar-refractivity contribution in [3.63, 3.8) is 0 Å². The third kappa shape index (κ3) is 4.45. The highest BCUT2D eigenvalue weighted by molar-refractivity contribution is 7.90. The monoisotopic (exact) mass is 493 g/mol. The molecule has 1 aliphatic heterocycles. The van der Waals surface area contributed by atoms with Crippen LogP contribution in [0.3, 0.4) is 0 Å². The van der Waals surface area contributed by atoms with Crippen LogP contribution in [-0.2, 0) is 10.2 Å². The van der Waals surface area contributed by atoms with E-state index in [0.29, 0.717) is 52.7 Å². The predicted octanol–water partition coefficient (Wildman–Crippen LogP) is 4.25. The lowest BCUT2D eigenvalue weighted by Gasteiger charge is -2.28. The van der Waals surface area contributed by atoms with Gasteiger partial charge in [0.25, 0.3) is 5.91 Å². The van der Waals surface area contributed by atoms with E-state index in [2.05, 4.69) is 20.0 Å². The lowest BCUT2D eigenvalue weighted by atomic mass is 10.1. The number of fused-ring (bicyclic) bond motifs is 1. The molecule has 1 aliphatic rings. The summed E-state index contributed by atoms with van der Waals surface area (Å²) in [6.07, 6.45) is 4.13. The van der Waals surface area contributed by atoms with Crippen molar-refractivity contribution in [3.05, 3.63) is 83.6 Å². The Morgan fingerprint density at radius 3 is 2.68 bits per heavy atom. The van der Waals surface area contributed by atoms with Gasteiger partial charge in [-0.05, 0) is 67.1 Å². The topological polar surface area (TPSA) is 104 Å². The van der Waals surface area contributed by atoms with Gasteiger partial charge in [-0.25, -0.2) is 4.98 Å². The van der Waals surface area contributed by atoms with E-state index in [1.807, 2.05) is 18.2 Å². The largest absolute Gasteiger partial charge is 0.322 e. The Morgan fingerprint density at radius 2 is 1.88 bits per heavy atom. The Morgan fingerprint density at radius 1 is 1.06 bits per heavy atom. The van der Waals surface area contributed by atoms with E-state index >= 15 is 0 Å². The first-order valence-corrected chi connectivity index (χ1v) is 12.4. The smallest absolute Gasteiger partial charge is 0.301 e. The standard InChI is InChI=1S/C24H20ClN5O3S/c25-21-8-5-18(14-20(21)23-9-4-17-15-26-12-10-22(17)29-23)28-24(31)16-2-6-19(7-3-16)30-13-1-11-27-34(30,32)33/h2-10,12,14-15,27H,1,11,13H2,(H,28,31). The highest BCUT2D eigenvalue weighted by Gasteiger charge is 2.25. The number of amides is 1. The maximum Gasteiger partial charge on any atom is 0.301 e. The van der Waals surface area contributed by atoms with Gasteiger partial charge in [0, 0.05) is 47.7 Å². The van der Waals surface area contributed by atoms with Crippen LogP contribution in [0.5, 0.6) is 0 Å². The SMILES string of the molecule is O=C(Nc1ccc(Cl)c(-c2ccc3cnccc3n2)c1)c1ccc(N2CCCNS2(=O)=O)cc1. The number of aromatic nitrogens is 2. The summed E-state index contributed by atoms with van der Waals surface area (Å²) >= 11 is 6.43. The van der Waals surface area contributed by atoms with E-state index in [9.17, 15) is 13.2 Å². The minimum absolute atomic E-state index is 0.322. The van der Waals surface area contributed by atoms with Gasteiger partial charge < -0.3 is 5.32 Å². The van der Waals surface area contributed by atoms with E-state index in [1.165, 1.54) is 4.31 Å². The summed E-state index contributed by atoms with van der Waals surface area (Å²) in [5.74, 6) is -0.322. The Hall–Kier alpha value is -3.53. The summed E-state index contributed by atoms with van der Waals surface area (Å²) in [5.41, 5.74) is 3.64. The van der Waals surface area contributed by atoms with Gasteiger partial charge >= 0.3 is 10.2 Å². The highest BCUT2D eigenvalue weighted by Crippen LogP contribution is 2.31. The normalized spacial score (nSPS) is 15.3. The summed E-state index contributed by atoms with van der Waals surface area (Å²) < 4.78 is 28.2. The van der Waals surface area contributed by atoms with Gasteiger partial charge in [0.15, 0.2) is 0 Å². The highest BCUT2D eigenvalue weighted by atomic mass is 35.5. The molecule has 1 saturated heterocycles. The Kier molecular flexibility index (Phi) is 5.91. The van der Waals surface area contributed by atoms with Crippen molar-refractivity contribution in [2.75, 3.05) is 22.7 Å². The van der Waals surface area contributed by atoms with Crippen LogP contribution in [0.25, 0.3) is 22.2 Å². The average molecular weight is 494 g/mol. The summed E-state index contributed by atoms with van der Waals surface area (Å²) in [5, 5.41) is 4.30. The van der Waals surface area contributed by atoms with Gasteiger partial charge in [-0.3, -0.25) is 14.1 Å². The second kappa shape index (κ2) is 9.02. The molecule has 2 aromatic heterocycles. The minimum atomic E-state index is -3.55. The number of carbonyl (C=O) groups excluding carboxylic acids is 1. The van der Waals surface area contributed by atoms with Crippen molar-refractivity contribution < 1.29 is 13.2 Å². The summed E-state index contributed by atoms with van der Waals surface area (Å²) in [7, 11) is -3.55. The molecule has 0 unspecified atom stereocenters. The number of hydrogen-bond donors (Lipinski definition) is 2. The molecule has 3 heterocycles. The van der Waals surface area contributed by atoms with Crippen molar-refractivity contribution >= 4 is 50.0 Å². The number of rotatable bonds is 4. The van der Waals surface area contributed by atoms with Gasteiger partial charge in [0.2, 0.25) is 0 Å². The van der Waals surface area contributed by atoms with Crippen LogP contribution in [0.4, 0.5) is 11.4 Å². The molecule has 0 spiro atoms. The van der Waals surface area contributed by atoms with Crippen LogP contribution in [0, 0.1) is 0 Å². The quantitative estimate of drug-likeness (QED) is 0.442. The fourth-order valence-electron chi connectivity index (χ4n) is 3.79. The van der Waals surface area contributed by atoms with Gasteiger partial charge in [0.05, 0.1) is 21.9 Å². The van der Waals surface area contributed by atoms with Crippen molar-refractivity contribution in [2.24, 2.45) is 0 Å². The first kappa shape index (κ1) is 22.3. The molecule has 2 aromatic carbocycles. The van der Waals surface area contributed by atoms with Crippen LogP contribution in [0.15, 0.2) is 73.1 Å². The Bertz CT molecular complexity index is 1490. The van der Waals surface area contributed by atoms with Crippen LogP contribution in [-0.4, -0.2) is 37.4 Å². The van der Waals surface area contributed by atoms with E-state index in [1.54, 1.807) is 54.9 Å². The lowest BCUT2D eigenvalue weighted by molar-refractivity contribution is 0.102. The number of halogens is 1. The second-order valence-corrected chi connectivity index (χ2v) is 9.87. The summed E-state index contributed by atoms with van der Waals surface area (Å²) in [6.45, 7) is 0.822. The molecule has 4 aromatic rings. The zero-order chi connectivity index (χ0) is 23.7. The molecular formula is C24H20ClN5O3S. The lowest BCUT2D eigenvalue weighted by Crippen LogP contribution is -2.47. The maximum atomic E-state index is 12.8. The average Bonchev–Trinajstić information content (AvgIpc) is 2.85. The van der Waals surface area contributed by atoms with Crippen molar-refractivity contribution in [1.82, 2.24) is 14.7 Å². The molecular weight excluding hydrogens is 474 g/mol. The molecule has 1 fully saturated rings. The maximum absolute atomic E-state index is 12.8. The predicted molar refractivity (Wildman–Crippen MR) is 133 cm³/mol. The van der Waals surface area contributed by atoms with Crippen molar-refractivity contribution in [1.29, 1.82) is 0 Å². The zero-order valence-corrected chi connectivity index (χ0v) is 19.5. The molecule has 8 nitrogen and oxygen atoms in total. The van der Waals surface area contributed by atoms with Crippen LogP contribution < -0.4 is 14.3 Å². The van der Waals surface area contributed by atoms with E-state index in [4.69, 9.17) is 11.6 Å². The van der Waals surface area contributed by atoms with Gasteiger partial charge in [0.1, 0.15) is 0 Å². The molecule has 0 aliphatic carbocycles. The van der Waals surface area contributed by atoms with Crippen molar-refractivity contribution in [3.8, 4) is 11.3 Å². The van der Waals surface area contributed by atoms with Gasteiger partial charge in [-0.1, -0.05) is 11.6 Å². The van der Waals surface area contributed by atoms with E-state index < -0.39 is 10.2 Å². The third-order valence-electron chi connectivity index (χ3n) is 5.52. The van der Waals surface area contributed by atoms with E-state index in [0.717, 1.165) is 10.9 Å². The molecule has 0 radical (unpaired) electrons. The second-order valence-electron chi connectivity index (χ2n) is 7.79. The molecule has 1 amide bonds. The number of nitrogens with one attached hydrogen (secondary N) is 2. The van der Waals surface area contributed by atoms with Crippen LogP contribution >= 0.6 is 11.6 Å². The molecule has 5 rings (SSSR count). The number of carbonyl (C=O) groups is 1.